The average Bonchev–Trinajstić information content (AvgIpc) is 2.80. The first-order valence-electron chi connectivity index (χ1n) is 5.79. The van der Waals surface area contributed by atoms with Crippen molar-refractivity contribution in [3.8, 4) is 17.0 Å². The summed E-state index contributed by atoms with van der Waals surface area (Å²) in [6.07, 6.45) is -1.59. The molecule has 2 aromatic heterocycles. The van der Waals surface area contributed by atoms with Crippen molar-refractivity contribution in [2.45, 2.75) is 6.18 Å². The summed E-state index contributed by atoms with van der Waals surface area (Å²) in [5.41, 5.74) is -0.0332. The second kappa shape index (κ2) is 4.26. The number of nitrogens with zero attached hydrogens (tertiary/aromatic N) is 2. The highest BCUT2D eigenvalue weighted by Crippen LogP contribution is 2.36. The summed E-state index contributed by atoms with van der Waals surface area (Å²) < 4.78 is 40.4. The normalized spacial score (nSPS) is 11.9. The van der Waals surface area contributed by atoms with Crippen LogP contribution in [0.25, 0.3) is 16.9 Å². The molecule has 6 heteroatoms. The lowest BCUT2D eigenvalue weighted by molar-refractivity contribution is -0.137. The molecule has 0 aliphatic carbocycles. The zero-order chi connectivity index (χ0) is 14.3. The van der Waals surface area contributed by atoms with Gasteiger partial charge in [-0.1, -0.05) is 18.2 Å². The molecule has 0 aliphatic rings. The molecule has 2 heterocycles. The van der Waals surface area contributed by atoms with Gasteiger partial charge in [0.05, 0.1) is 17.5 Å². The Balaban J connectivity index is 2.21. The van der Waals surface area contributed by atoms with Gasteiger partial charge < -0.3 is 9.51 Å². The molecule has 20 heavy (non-hydrogen) atoms. The Kier molecular flexibility index (Phi) is 2.67. The van der Waals surface area contributed by atoms with Crippen LogP contribution in [0.1, 0.15) is 5.56 Å². The van der Waals surface area contributed by atoms with E-state index in [9.17, 15) is 18.3 Å². The molecule has 0 amide bonds. The zero-order valence-corrected chi connectivity index (χ0v) is 10.1. The Morgan fingerprint density at radius 1 is 1.00 bits per heavy atom. The summed E-state index contributed by atoms with van der Waals surface area (Å²) in [7, 11) is 0. The monoisotopic (exact) mass is 278 g/mol. The molecule has 0 saturated heterocycles. The third-order valence-electron chi connectivity index (χ3n) is 2.94. The highest BCUT2D eigenvalue weighted by molar-refractivity contribution is 5.67. The standard InChI is InChI=1S/C14H9F3N2O/c15-14(16,17)11-4-2-1-3-10(11)12-8-19-7-9(20)5-6-13(19)18-12/h1-8,20H. The summed E-state index contributed by atoms with van der Waals surface area (Å²) in [6.45, 7) is 0. The Morgan fingerprint density at radius 2 is 1.75 bits per heavy atom. The number of alkyl halides is 3. The van der Waals surface area contributed by atoms with Crippen molar-refractivity contribution in [2.75, 3.05) is 0 Å². The minimum atomic E-state index is -4.44. The maximum atomic E-state index is 13.0. The van der Waals surface area contributed by atoms with E-state index in [1.54, 1.807) is 0 Å². The van der Waals surface area contributed by atoms with Gasteiger partial charge in [-0.2, -0.15) is 13.2 Å². The third kappa shape index (κ3) is 2.09. The van der Waals surface area contributed by atoms with E-state index in [1.165, 1.54) is 47.1 Å². The lowest BCUT2D eigenvalue weighted by Crippen LogP contribution is -2.06. The van der Waals surface area contributed by atoms with Gasteiger partial charge in [0.15, 0.2) is 0 Å². The van der Waals surface area contributed by atoms with Gasteiger partial charge in [0.2, 0.25) is 0 Å². The van der Waals surface area contributed by atoms with Crippen LogP contribution in [0.15, 0.2) is 48.8 Å². The molecular formula is C14H9F3N2O. The summed E-state index contributed by atoms with van der Waals surface area (Å²) >= 11 is 0. The molecule has 0 atom stereocenters. The van der Waals surface area contributed by atoms with Crippen LogP contribution >= 0.6 is 0 Å². The number of hydrogen-bond donors (Lipinski definition) is 1. The van der Waals surface area contributed by atoms with Crippen LogP contribution in [-0.4, -0.2) is 14.5 Å². The average molecular weight is 278 g/mol. The minimum absolute atomic E-state index is 0.0168. The van der Waals surface area contributed by atoms with E-state index in [2.05, 4.69) is 4.98 Å². The van der Waals surface area contributed by atoms with Crippen LogP contribution < -0.4 is 0 Å². The van der Waals surface area contributed by atoms with E-state index in [0.29, 0.717) is 5.65 Å². The van der Waals surface area contributed by atoms with E-state index in [-0.39, 0.29) is 17.0 Å². The van der Waals surface area contributed by atoms with Crippen molar-refractivity contribution in [1.82, 2.24) is 9.38 Å². The van der Waals surface area contributed by atoms with Crippen molar-refractivity contribution >= 4 is 5.65 Å². The number of aromatic hydroxyl groups is 1. The van der Waals surface area contributed by atoms with E-state index in [4.69, 9.17) is 0 Å². The van der Waals surface area contributed by atoms with Gasteiger partial charge in [-0.15, -0.1) is 0 Å². The lowest BCUT2D eigenvalue weighted by atomic mass is 10.1. The lowest BCUT2D eigenvalue weighted by Gasteiger charge is -2.10. The van der Waals surface area contributed by atoms with Gasteiger partial charge in [0.25, 0.3) is 0 Å². The predicted octanol–water partition coefficient (Wildman–Crippen LogP) is 3.73. The molecule has 1 N–H and O–H groups in total. The number of fused-ring (bicyclic) bond motifs is 1. The number of rotatable bonds is 1. The summed E-state index contributed by atoms with van der Waals surface area (Å²) in [5.74, 6) is 0.0190. The quantitative estimate of drug-likeness (QED) is 0.736. The van der Waals surface area contributed by atoms with Crippen molar-refractivity contribution in [3.63, 3.8) is 0 Å². The number of imidazole rings is 1. The van der Waals surface area contributed by atoms with Crippen molar-refractivity contribution in [3.05, 3.63) is 54.4 Å². The maximum Gasteiger partial charge on any atom is 0.417 e. The molecule has 3 rings (SSSR count). The number of benzene rings is 1. The van der Waals surface area contributed by atoms with Crippen LogP contribution in [0.3, 0.4) is 0 Å². The van der Waals surface area contributed by atoms with Gasteiger partial charge in [0, 0.05) is 11.8 Å². The predicted molar refractivity (Wildman–Crippen MR) is 67.3 cm³/mol. The van der Waals surface area contributed by atoms with Gasteiger partial charge >= 0.3 is 6.18 Å². The summed E-state index contributed by atoms with van der Waals surface area (Å²) in [4.78, 5) is 4.15. The number of pyridine rings is 1. The minimum Gasteiger partial charge on any atom is -0.506 e. The molecule has 0 saturated carbocycles. The number of aromatic nitrogens is 2. The molecule has 0 fully saturated rings. The molecule has 1 aromatic carbocycles. The zero-order valence-electron chi connectivity index (χ0n) is 10.1. The van der Waals surface area contributed by atoms with Gasteiger partial charge in [-0.05, 0) is 18.2 Å². The first-order chi connectivity index (χ1) is 9.45. The van der Waals surface area contributed by atoms with Crippen LogP contribution in [0.4, 0.5) is 13.2 Å². The van der Waals surface area contributed by atoms with E-state index >= 15 is 0 Å². The van der Waals surface area contributed by atoms with E-state index in [0.717, 1.165) is 6.07 Å². The molecule has 3 nitrogen and oxygen atoms in total. The molecule has 102 valence electrons. The fraction of sp³-hybridized carbons (Fsp3) is 0.0714. The molecular weight excluding hydrogens is 269 g/mol. The first kappa shape index (κ1) is 12.5. The van der Waals surface area contributed by atoms with E-state index < -0.39 is 11.7 Å². The largest absolute Gasteiger partial charge is 0.506 e. The first-order valence-corrected chi connectivity index (χ1v) is 5.79. The Morgan fingerprint density at radius 3 is 2.50 bits per heavy atom. The fourth-order valence-corrected chi connectivity index (χ4v) is 2.06. The Hall–Kier alpha value is -2.50. The second-order valence-corrected chi connectivity index (χ2v) is 4.32. The van der Waals surface area contributed by atoms with Crippen LogP contribution in [0.2, 0.25) is 0 Å². The second-order valence-electron chi connectivity index (χ2n) is 4.32. The van der Waals surface area contributed by atoms with Crippen LogP contribution in [-0.2, 0) is 6.18 Å². The molecule has 0 bridgehead atoms. The van der Waals surface area contributed by atoms with Crippen LogP contribution in [0.5, 0.6) is 5.75 Å². The smallest absolute Gasteiger partial charge is 0.417 e. The number of halogens is 3. The highest BCUT2D eigenvalue weighted by Gasteiger charge is 2.33. The van der Waals surface area contributed by atoms with E-state index in [1.807, 2.05) is 0 Å². The van der Waals surface area contributed by atoms with Crippen molar-refractivity contribution in [2.24, 2.45) is 0 Å². The summed E-state index contributed by atoms with van der Waals surface area (Å²) in [5, 5.41) is 9.37. The SMILES string of the molecule is Oc1ccc2nc(-c3ccccc3C(F)(F)F)cn2c1. The third-order valence-corrected chi connectivity index (χ3v) is 2.94. The molecule has 3 aromatic rings. The molecule has 0 spiro atoms. The molecule has 0 unspecified atom stereocenters. The Bertz CT molecular complexity index is 777. The highest BCUT2D eigenvalue weighted by atomic mass is 19.4. The van der Waals surface area contributed by atoms with Gasteiger partial charge in [0.1, 0.15) is 11.4 Å². The Labute approximate surface area is 111 Å². The maximum absolute atomic E-state index is 13.0. The van der Waals surface area contributed by atoms with Gasteiger partial charge in [-0.3, -0.25) is 0 Å². The van der Waals surface area contributed by atoms with Crippen LogP contribution in [0, 0.1) is 0 Å². The summed E-state index contributed by atoms with van der Waals surface area (Å²) in [6, 6.07) is 8.25. The van der Waals surface area contributed by atoms with Gasteiger partial charge in [-0.25, -0.2) is 4.98 Å². The fourth-order valence-electron chi connectivity index (χ4n) is 2.06. The topological polar surface area (TPSA) is 37.5 Å². The molecule has 0 radical (unpaired) electrons. The van der Waals surface area contributed by atoms with Crippen molar-refractivity contribution < 1.29 is 18.3 Å². The number of hydrogen-bond acceptors (Lipinski definition) is 2. The van der Waals surface area contributed by atoms with Crippen molar-refractivity contribution in [1.29, 1.82) is 0 Å². The molecule has 0 aliphatic heterocycles.